The summed E-state index contributed by atoms with van der Waals surface area (Å²) in [6.45, 7) is 1.64. The lowest BCUT2D eigenvalue weighted by Gasteiger charge is -2.25. The Morgan fingerprint density at radius 3 is 2.79 bits per heavy atom. The quantitative estimate of drug-likeness (QED) is 0.781. The minimum absolute atomic E-state index is 0.117. The first-order valence-electron chi connectivity index (χ1n) is 9.73. The smallest absolute Gasteiger partial charge is 0.329 e. The molecule has 2 heterocycles. The van der Waals surface area contributed by atoms with E-state index >= 15 is 0 Å². The lowest BCUT2D eigenvalue weighted by Crippen LogP contribution is -2.35. The summed E-state index contributed by atoms with van der Waals surface area (Å²) in [6, 6.07) is 6.20. The van der Waals surface area contributed by atoms with E-state index in [9.17, 15) is 9.59 Å². The zero-order valence-electron chi connectivity index (χ0n) is 16.2. The summed E-state index contributed by atoms with van der Waals surface area (Å²) in [5.74, 6) is 0.935. The molecule has 1 aliphatic heterocycles. The predicted molar refractivity (Wildman–Crippen MR) is 107 cm³/mol. The molecule has 1 aromatic carbocycles. The van der Waals surface area contributed by atoms with E-state index in [2.05, 4.69) is 21.3 Å². The van der Waals surface area contributed by atoms with Crippen LogP contribution in [0.2, 0.25) is 0 Å². The number of nitrogens with one attached hydrogen (secondary N) is 2. The van der Waals surface area contributed by atoms with Crippen LogP contribution < -0.4 is 26.2 Å². The monoisotopic (exact) mass is 383 g/mol. The lowest BCUT2D eigenvalue weighted by molar-refractivity contribution is 0.404. The summed E-state index contributed by atoms with van der Waals surface area (Å²) in [5, 5.41) is 12.8. The number of anilines is 1. The van der Waals surface area contributed by atoms with Gasteiger partial charge >= 0.3 is 5.69 Å². The Labute approximate surface area is 162 Å². The Morgan fingerprint density at radius 2 is 2.14 bits per heavy atom. The molecule has 0 bridgehead atoms. The van der Waals surface area contributed by atoms with Crippen molar-refractivity contribution in [2.45, 2.75) is 37.8 Å². The second-order valence-electron chi connectivity index (χ2n) is 7.63. The Balaban J connectivity index is 1.79. The fraction of sp³-hybridized carbons (Fsp3) is 0.550. The molecular weight excluding hydrogens is 358 g/mol. The van der Waals surface area contributed by atoms with E-state index in [-0.39, 0.29) is 23.3 Å². The molecule has 1 aromatic heterocycles. The normalized spacial score (nSPS) is 20.3. The minimum Gasteiger partial charge on any atom is -0.492 e. The number of methoxy groups -OCH3 is 1. The molecular formula is C20H25N5O3. The van der Waals surface area contributed by atoms with Crippen molar-refractivity contribution in [1.82, 2.24) is 14.9 Å². The summed E-state index contributed by atoms with van der Waals surface area (Å²) in [6.07, 6.45) is 3.30. The van der Waals surface area contributed by atoms with Crippen LogP contribution in [-0.2, 0) is 0 Å². The van der Waals surface area contributed by atoms with E-state index in [4.69, 9.17) is 10.00 Å². The Bertz CT molecular complexity index is 1050. The minimum atomic E-state index is -0.384. The van der Waals surface area contributed by atoms with Gasteiger partial charge in [-0.1, -0.05) is 0 Å². The molecule has 2 N–H and O–H groups in total. The van der Waals surface area contributed by atoms with Gasteiger partial charge in [0, 0.05) is 25.2 Å². The molecule has 8 heteroatoms. The van der Waals surface area contributed by atoms with Crippen molar-refractivity contribution >= 4 is 16.6 Å². The van der Waals surface area contributed by atoms with Crippen LogP contribution in [0.25, 0.3) is 10.9 Å². The highest BCUT2D eigenvalue weighted by Crippen LogP contribution is 2.42. The maximum absolute atomic E-state index is 12.5. The standard InChI is InChI=1S/C20H25N5O3/c1-22-15(7-9-21)12-8-10-24(11-12)16-6-5-14-17(18(16)28-2)25(13-3-4-13)20(27)23-19(14)26/h5-6,12-13,15,22H,3-4,7-8,10-11H2,1-2H3,(H,23,26,27)/t12?,15-/m1/s1. The molecule has 2 fully saturated rings. The molecule has 2 aliphatic rings. The number of nitriles is 1. The van der Waals surface area contributed by atoms with Gasteiger partial charge in [0.25, 0.3) is 5.56 Å². The van der Waals surface area contributed by atoms with Gasteiger partial charge in [-0.05, 0) is 44.4 Å². The first-order chi connectivity index (χ1) is 13.6. The molecule has 0 radical (unpaired) electrons. The van der Waals surface area contributed by atoms with Gasteiger partial charge in [-0.3, -0.25) is 14.3 Å². The van der Waals surface area contributed by atoms with Gasteiger partial charge < -0.3 is 15.0 Å². The van der Waals surface area contributed by atoms with Crippen LogP contribution in [0.5, 0.6) is 5.75 Å². The van der Waals surface area contributed by atoms with E-state index in [1.165, 1.54) is 0 Å². The Kier molecular flexibility index (Phi) is 4.85. The molecule has 0 amide bonds. The molecule has 1 aliphatic carbocycles. The molecule has 2 aromatic rings. The maximum Gasteiger partial charge on any atom is 0.329 e. The molecule has 1 saturated heterocycles. The predicted octanol–water partition coefficient (Wildman–Crippen LogP) is 1.36. The number of benzene rings is 1. The SMILES string of the molecule is CN[C@H](CC#N)C1CCN(c2ccc3c(=O)[nH]c(=O)n(C4CC4)c3c2OC)C1. The molecule has 4 rings (SSSR count). The van der Waals surface area contributed by atoms with Crippen molar-refractivity contribution in [3.05, 3.63) is 33.0 Å². The molecule has 148 valence electrons. The largest absolute Gasteiger partial charge is 0.492 e. The zero-order valence-corrected chi connectivity index (χ0v) is 16.2. The number of nitrogens with zero attached hydrogens (tertiary/aromatic N) is 3. The Hall–Kier alpha value is -2.79. The first kappa shape index (κ1) is 18.6. The summed E-state index contributed by atoms with van der Waals surface area (Å²) in [5.41, 5.74) is 0.718. The number of hydrogen-bond donors (Lipinski definition) is 2. The van der Waals surface area contributed by atoms with Crippen molar-refractivity contribution in [2.24, 2.45) is 5.92 Å². The third kappa shape index (κ3) is 3.06. The fourth-order valence-electron chi connectivity index (χ4n) is 4.38. The van der Waals surface area contributed by atoms with Crippen LogP contribution in [0.1, 0.15) is 31.7 Å². The summed E-state index contributed by atoms with van der Waals surface area (Å²) >= 11 is 0. The van der Waals surface area contributed by atoms with Crippen LogP contribution in [0.3, 0.4) is 0 Å². The van der Waals surface area contributed by atoms with E-state index in [0.29, 0.717) is 29.0 Å². The third-order valence-electron chi connectivity index (χ3n) is 5.97. The second-order valence-corrected chi connectivity index (χ2v) is 7.63. The first-order valence-corrected chi connectivity index (χ1v) is 9.73. The second kappa shape index (κ2) is 7.32. The van der Waals surface area contributed by atoms with Crippen LogP contribution in [0.4, 0.5) is 5.69 Å². The third-order valence-corrected chi connectivity index (χ3v) is 5.97. The van der Waals surface area contributed by atoms with Gasteiger partial charge in [0.1, 0.15) is 5.52 Å². The van der Waals surface area contributed by atoms with Gasteiger partial charge in [-0.2, -0.15) is 5.26 Å². The van der Waals surface area contributed by atoms with Gasteiger partial charge in [0.2, 0.25) is 0 Å². The van der Waals surface area contributed by atoms with E-state index in [1.807, 2.05) is 13.1 Å². The number of aromatic amines is 1. The molecule has 2 atom stereocenters. The van der Waals surface area contributed by atoms with Crippen molar-refractivity contribution < 1.29 is 4.74 Å². The molecule has 1 saturated carbocycles. The zero-order chi connectivity index (χ0) is 19.8. The molecule has 8 nitrogen and oxygen atoms in total. The average Bonchev–Trinajstić information content (AvgIpc) is 3.40. The maximum atomic E-state index is 12.5. The molecule has 1 unspecified atom stereocenters. The number of ether oxygens (including phenoxy) is 1. The van der Waals surface area contributed by atoms with Crippen molar-refractivity contribution in [2.75, 3.05) is 32.1 Å². The van der Waals surface area contributed by atoms with Crippen molar-refractivity contribution in [3.8, 4) is 11.8 Å². The summed E-state index contributed by atoms with van der Waals surface area (Å²) < 4.78 is 7.43. The van der Waals surface area contributed by atoms with Crippen LogP contribution in [-0.4, -0.2) is 42.8 Å². The van der Waals surface area contributed by atoms with E-state index in [0.717, 1.165) is 38.0 Å². The number of fused-ring (bicyclic) bond motifs is 1. The highest BCUT2D eigenvalue weighted by Gasteiger charge is 2.33. The number of H-pyrrole nitrogens is 1. The van der Waals surface area contributed by atoms with E-state index in [1.54, 1.807) is 17.7 Å². The average molecular weight is 383 g/mol. The van der Waals surface area contributed by atoms with Gasteiger partial charge in [-0.15, -0.1) is 0 Å². The topological polar surface area (TPSA) is 103 Å². The summed E-state index contributed by atoms with van der Waals surface area (Å²) in [7, 11) is 3.47. The molecule has 28 heavy (non-hydrogen) atoms. The lowest BCUT2D eigenvalue weighted by atomic mass is 9.97. The fourth-order valence-corrected chi connectivity index (χ4v) is 4.38. The molecule has 0 spiro atoms. The van der Waals surface area contributed by atoms with E-state index < -0.39 is 0 Å². The summed E-state index contributed by atoms with van der Waals surface area (Å²) in [4.78, 5) is 29.5. The highest BCUT2D eigenvalue weighted by molar-refractivity contribution is 5.90. The van der Waals surface area contributed by atoms with Gasteiger partial charge in [0.15, 0.2) is 5.75 Å². The number of rotatable bonds is 6. The van der Waals surface area contributed by atoms with Crippen molar-refractivity contribution in [1.29, 1.82) is 5.26 Å². The van der Waals surface area contributed by atoms with Crippen LogP contribution >= 0.6 is 0 Å². The highest BCUT2D eigenvalue weighted by atomic mass is 16.5. The van der Waals surface area contributed by atoms with Crippen LogP contribution in [0.15, 0.2) is 21.7 Å². The van der Waals surface area contributed by atoms with Crippen molar-refractivity contribution in [3.63, 3.8) is 0 Å². The number of hydrogen-bond acceptors (Lipinski definition) is 6. The Morgan fingerprint density at radius 1 is 1.36 bits per heavy atom. The van der Waals surface area contributed by atoms with Crippen LogP contribution in [0, 0.1) is 17.2 Å². The van der Waals surface area contributed by atoms with Gasteiger partial charge in [0.05, 0.1) is 30.7 Å². The van der Waals surface area contributed by atoms with Gasteiger partial charge in [-0.25, -0.2) is 4.79 Å². The number of aromatic nitrogens is 2.